The van der Waals surface area contributed by atoms with Gasteiger partial charge in [0.25, 0.3) is 0 Å². The molecule has 0 radical (unpaired) electrons. The van der Waals surface area contributed by atoms with Crippen LogP contribution in [-0.4, -0.2) is 17.3 Å². The Bertz CT molecular complexity index is 785. The fourth-order valence-electron chi connectivity index (χ4n) is 2.42. The quantitative estimate of drug-likeness (QED) is 0.772. The van der Waals surface area contributed by atoms with E-state index >= 15 is 0 Å². The highest BCUT2D eigenvalue weighted by molar-refractivity contribution is 5.67. The maximum absolute atomic E-state index is 5.37. The van der Waals surface area contributed by atoms with Gasteiger partial charge in [-0.25, -0.2) is 0 Å². The van der Waals surface area contributed by atoms with Gasteiger partial charge in [0, 0.05) is 12.1 Å². The fraction of sp³-hybridized carbons (Fsp3) is 0.158. The third kappa shape index (κ3) is 3.48. The van der Waals surface area contributed by atoms with Crippen LogP contribution in [0.4, 0.5) is 5.82 Å². The van der Waals surface area contributed by atoms with Gasteiger partial charge in [0.15, 0.2) is 0 Å². The van der Waals surface area contributed by atoms with Crippen LogP contribution < -0.4 is 10.1 Å². The van der Waals surface area contributed by atoms with E-state index in [1.807, 2.05) is 48.5 Å². The molecule has 4 heteroatoms. The van der Waals surface area contributed by atoms with Crippen LogP contribution in [-0.2, 0) is 6.54 Å². The Morgan fingerprint density at radius 1 is 0.913 bits per heavy atom. The highest BCUT2D eigenvalue weighted by Crippen LogP contribution is 2.27. The SMILES string of the molecule is COc1ccccc1-c1ccc(NCc2ccccc2C)nn1. The zero-order chi connectivity index (χ0) is 16.1. The molecule has 1 heterocycles. The zero-order valence-corrected chi connectivity index (χ0v) is 13.3. The summed E-state index contributed by atoms with van der Waals surface area (Å²) in [4.78, 5) is 0. The van der Waals surface area contributed by atoms with Crippen LogP contribution in [0.25, 0.3) is 11.3 Å². The van der Waals surface area contributed by atoms with Crippen LogP contribution >= 0.6 is 0 Å². The second kappa shape index (κ2) is 6.92. The normalized spacial score (nSPS) is 10.3. The summed E-state index contributed by atoms with van der Waals surface area (Å²) in [6.45, 7) is 2.84. The van der Waals surface area contributed by atoms with E-state index in [2.05, 4.69) is 34.6 Å². The summed E-state index contributed by atoms with van der Waals surface area (Å²) in [6, 6.07) is 20.0. The molecule has 3 aromatic rings. The molecule has 0 unspecified atom stereocenters. The van der Waals surface area contributed by atoms with E-state index in [1.165, 1.54) is 11.1 Å². The van der Waals surface area contributed by atoms with Gasteiger partial charge >= 0.3 is 0 Å². The highest BCUT2D eigenvalue weighted by Gasteiger charge is 2.07. The van der Waals surface area contributed by atoms with E-state index in [0.29, 0.717) is 0 Å². The summed E-state index contributed by atoms with van der Waals surface area (Å²) >= 11 is 0. The Morgan fingerprint density at radius 3 is 2.43 bits per heavy atom. The lowest BCUT2D eigenvalue weighted by Crippen LogP contribution is -2.04. The Hall–Kier alpha value is -2.88. The van der Waals surface area contributed by atoms with Crippen LogP contribution in [0.1, 0.15) is 11.1 Å². The minimum absolute atomic E-state index is 0.732. The molecule has 0 spiro atoms. The van der Waals surface area contributed by atoms with Crippen molar-refractivity contribution in [1.82, 2.24) is 10.2 Å². The van der Waals surface area contributed by atoms with E-state index in [4.69, 9.17) is 4.74 Å². The van der Waals surface area contributed by atoms with Crippen molar-refractivity contribution in [2.45, 2.75) is 13.5 Å². The first-order valence-corrected chi connectivity index (χ1v) is 7.53. The van der Waals surface area contributed by atoms with Gasteiger partial charge in [-0.3, -0.25) is 0 Å². The van der Waals surface area contributed by atoms with Crippen LogP contribution in [0.5, 0.6) is 5.75 Å². The lowest BCUT2D eigenvalue weighted by Gasteiger charge is -2.09. The topological polar surface area (TPSA) is 47.0 Å². The molecule has 0 saturated heterocycles. The number of rotatable bonds is 5. The van der Waals surface area contributed by atoms with Crippen LogP contribution in [0.3, 0.4) is 0 Å². The van der Waals surface area contributed by atoms with Gasteiger partial charge in [0.05, 0.1) is 12.8 Å². The molecule has 0 bridgehead atoms. The maximum atomic E-state index is 5.37. The van der Waals surface area contributed by atoms with Crippen molar-refractivity contribution in [1.29, 1.82) is 0 Å². The summed E-state index contributed by atoms with van der Waals surface area (Å²) in [5, 5.41) is 11.9. The maximum Gasteiger partial charge on any atom is 0.148 e. The molecular formula is C19H19N3O. The minimum atomic E-state index is 0.732. The molecule has 0 atom stereocenters. The Labute approximate surface area is 136 Å². The van der Waals surface area contributed by atoms with Gasteiger partial charge in [-0.1, -0.05) is 36.4 Å². The molecule has 116 valence electrons. The van der Waals surface area contributed by atoms with Gasteiger partial charge in [-0.05, 0) is 42.3 Å². The zero-order valence-electron chi connectivity index (χ0n) is 13.3. The molecule has 0 aliphatic rings. The van der Waals surface area contributed by atoms with Gasteiger partial charge in [-0.15, -0.1) is 10.2 Å². The first-order chi connectivity index (χ1) is 11.3. The predicted molar refractivity (Wildman–Crippen MR) is 92.5 cm³/mol. The first-order valence-electron chi connectivity index (χ1n) is 7.53. The van der Waals surface area contributed by atoms with Crippen molar-refractivity contribution in [3.8, 4) is 17.0 Å². The Balaban J connectivity index is 1.74. The number of aromatic nitrogens is 2. The van der Waals surface area contributed by atoms with Gasteiger partial charge in [-0.2, -0.15) is 0 Å². The number of benzene rings is 2. The molecule has 0 fully saturated rings. The number of methoxy groups -OCH3 is 1. The predicted octanol–water partition coefficient (Wildman–Crippen LogP) is 4.07. The van der Waals surface area contributed by atoms with Gasteiger partial charge in [0.2, 0.25) is 0 Å². The second-order valence-electron chi connectivity index (χ2n) is 5.28. The number of hydrogen-bond acceptors (Lipinski definition) is 4. The van der Waals surface area contributed by atoms with E-state index in [1.54, 1.807) is 7.11 Å². The third-order valence-corrected chi connectivity index (χ3v) is 3.77. The average molecular weight is 305 g/mol. The van der Waals surface area contributed by atoms with Crippen molar-refractivity contribution < 1.29 is 4.74 Å². The lowest BCUT2D eigenvalue weighted by molar-refractivity contribution is 0.416. The molecule has 0 amide bonds. The summed E-state index contributed by atoms with van der Waals surface area (Å²) in [7, 11) is 1.66. The molecule has 23 heavy (non-hydrogen) atoms. The minimum Gasteiger partial charge on any atom is -0.496 e. The van der Waals surface area contributed by atoms with Gasteiger partial charge in [0.1, 0.15) is 11.6 Å². The summed E-state index contributed by atoms with van der Waals surface area (Å²) in [5.74, 6) is 1.55. The smallest absolute Gasteiger partial charge is 0.148 e. The molecule has 1 N–H and O–H groups in total. The first kappa shape index (κ1) is 15.0. The molecule has 3 rings (SSSR count). The molecule has 4 nitrogen and oxygen atoms in total. The Kier molecular flexibility index (Phi) is 4.52. The molecular weight excluding hydrogens is 286 g/mol. The third-order valence-electron chi connectivity index (χ3n) is 3.77. The number of aryl methyl sites for hydroxylation is 1. The largest absolute Gasteiger partial charge is 0.496 e. The van der Waals surface area contributed by atoms with Crippen LogP contribution in [0, 0.1) is 6.92 Å². The molecule has 0 saturated carbocycles. The Morgan fingerprint density at radius 2 is 1.70 bits per heavy atom. The lowest BCUT2D eigenvalue weighted by atomic mass is 10.1. The van der Waals surface area contributed by atoms with Crippen LogP contribution in [0.2, 0.25) is 0 Å². The number of ether oxygens (including phenoxy) is 1. The number of anilines is 1. The van der Waals surface area contributed by atoms with Crippen molar-refractivity contribution in [3.63, 3.8) is 0 Å². The van der Waals surface area contributed by atoms with Crippen molar-refractivity contribution in [3.05, 3.63) is 71.8 Å². The summed E-state index contributed by atoms with van der Waals surface area (Å²) < 4.78 is 5.37. The van der Waals surface area contributed by atoms with E-state index in [-0.39, 0.29) is 0 Å². The molecule has 1 aromatic heterocycles. The second-order valence-corrected chi connectivity index (χ2v) is 5.28. The number of para-hydroxylation sites is 1. The monoisotopic (exact) mass is 305 g/mol. The van der Waals surface area contributed by atoms with Crippen molar-refractivity contribution >= 4 is 5.82 Å². The highest BCUT2D eigenvalue weighted by atomic mass is 16.5. The summed E-state index contributed by atoms with van der Waals surface area (Å²) in [6.07, 6.45) is 0. The molecule has 2 aromatic carbocycles. The summed E-state index contributed by atoms with van der Waals surface area (Å²) in [5.41, 5.74) is 4.25. The van der Waals surface area contributed by atoms with E-state index in [0.717, 1.165) is 29.4 Å². The van der Waals surface area contributed by atoms with Crippen LogP contribution in [0.15, 0.2) is 60.7 Å². The fourth-order valence-corrected chi connectivity index (χ4v) is 2.42. The van der Waals surface area contributed by atoms with Gasteiger partial charge < -0.3 is 10.1 Å². The molecule has 0 aliphatic carbocycles. The number of nitrogens with zero attached hydrogens (tertiary/aromatic N) is 2. The standard InChI is InChI=1S/C19H19N3O/c1-14-7-3-4-8-15(14)13-20-19-12-11-17(21-22-19)16-9-5-6-10-18(16)23-2/h3-12H,13H2,1-2H3,(H,20,22). The number of hydrogen-bond donors (Lipinski definition) is 1. The molecule has 0 aliphatic heterocycles. The average Bonchev–Trinajstić information content (AvgIpc) is 2.61. The van der Waals surface area contributed by atoms with Crippen molar-refractivity contribution in [2.75, 3.05) is 12.4 Å². The number of nitrogens with one attached hydrogen (secondary N) is 1. The van der Waals surface area contributed by atoms with Crippen molar-refractivity contribution in [2.24, 2.45) is 0 Å². The van der Waals surface area contributed by atoms with E-state index in [9.17, 15) is 0 Å². The van der Waals surface area contributed by atoms with E-state index < -0.39 is 0 Å².